The average Bonchev–Trinajstić information content (AvgIpc) is 2.76. The molecule has 6 N–H and O–H groups in total. The predicted molar refractivity (Wildman–Crippen MR) is 112 cm³/mol. The highest BCUT2D eigenvalue weighted by molar-refractivity contribution is 6.30. The summed E-state index contributed by atoms with van der Waals surface area (Å²) in [5, 5.41) is 27.0. The van der Waals surface area contributed by atoms with E-state index in [1.807, 2.05) is 0 Å². The standard InChI is InChI=1S/C20H16ClN5O4/c21-13-5-8-17(23-10-13)25-20(29)15-9-14(27)6-7-16(15)24-19(28)12-3-1-11(2-4-12)18(22)26-30/h1-10,27,30H,(H2,22,26)(H,24,28)(H,23,25,29). The van der Waals surface area contributed by atoms with Gasteiger partial charge >= 0.3 is 0 Å². The van der Waals surface area contributed by atoms with Crippen LogP contribution in [0.25, 0.3) is 0 Å². The van der Waals surface area contributed by atoms with Crippen molar-refractivity contribution in [2.24, 2.45) is 10.9 Å². The summed E-state index contributed by atoms with van der Waals surface area (Å²) in [4.78, 5) is 29.2. The maximum atomic E-state index is 12.6. The van der Waals surface area contributed by atoms with Crippen LogP contribution >= 0.6 is 11.6 Å². The van der Waals surface area contributed by atoms with Gasteiger partial charge in [-0.15, -0.1) is 0 Å². The van der Waals surface area contributed by atoms with Crippen molar-refractivity contribution in [1.82, 2.24) is 4.98 Å². The minimum Gasteiger partial charge on any atom is -0.508 e. The first-order valence-corrected chi connectivity index (χ1v) is 8.90. The molecule has 0 aliphatic carbocycles. The van der Waals surface area contributed by atoms with E-state index in [2.05, 4.69) is 20.8 Å². The van der Waals surface area contributed by atoms with Crippen LogP contribution in [-0.4, -0.2) is 32.9 Å². The molecule has 2 amide bonds. The number of nitrogens with one attached hydrogen (secondary N) is 2. The minimum absolute atomic E-state index is 0.0355. The largest absolute Gasteiger partial charge is 0.508 e. The van der Waals surface area contributed by atoms with Gasteiger partial charge in [0.15, 0.2) is 5.84 Å². The van der Waals surface area contributed by atoms with Crippen LogP contribution in [0, 0.1) is 0 Å². The van der Waals surface area contributed by atoms with E-state index in [9.17, 15) is 14.7 Å². The maximum Gasteiger partial charge on any atom is 0.259 e. The second-order valence-corrected chi connectivity index (χ2v) is 6.50. The number of benzene rings is 2. The van der Waals surface area contributed by atoms with E-state index in [0.29, 0.717) is 10.6 Å². The normalized spacial score (nSPS) is 11.0. The van der Waals surface area contributed by atoms with E-state index in [1.165, 1.54) is 54.7 Å². The van der Waals surface area contributed by atoms with Gasteiger partial charge in [-0.05, 0) is 42.5 Å². The van der Waals surface area contributed by atoms with E-state index < -0.39 is 11.8 Å². The van der Waals surface area contributed by atoms with Crippen LogP contribution in [-0.2, 0) is 0 Å². The first kappa shape index (κ1) is 20.6. The zero-order valence-corrected chi connectivity index (χ0v) is 16.1. The summed E-state index contributed by atoms with van der Waals surface area (Å²) in [5.74, 6) is -1.06. The number of nitrogens with zero attached hydrogens (tertiary/aromatic N) is 2. The van der Waals surface area contributed by atoms with Gasteiger partial charge in [0, 0.05) is 17.3 Å². The van der Waals surface area contributed by atoms with Gasteiger partial charge in [-0.3, -0.25) is 9.59 Å². The predicted octanol–water partition coefficient (Wildman–Crippen LogP) is 3.04. The van der Waals surface area contributed by atoms with E-state index in [-0.39, 0.29) is 34.2 Å². The lowest BCUT2D eigenvalue weighted by Gasteiger charge is -2.12. The number of rotatable bonds is 5. The SMILES string of the molecule is NC(=NO)c1ccc(C(=O)Nc2ccc(O)cc2C(=O)Nc2ccc(Cl)cn2)cc1. The van der Waals surface area contributed by atoms with Gasteiger partial charge in [0.05, 0.1) is 16.3 Å². The Bertz CT molecular complexity index is 1120. The third kappa shape index (κ3) is 4.83. The molecule has 0 saturated carbocycles. The Morgan fingerprint density at radius 1 is 0.967 bits per heavy atom. The quantitative estimate of drug-likeness (QED) is 0.139. The number of carbonyl (C=O) groups is 2. The maximum absolute atomic E-state index is 12.6. The molecule has 0 fully saturated rings. The van der Waals surface area contributed by atoms with Crippen molar-refractivity contribution in [1.29, 1.82) is 0 Å². The Labute approximate surface area is 175 Å². The first-order chi connectivity index (χ1) is 14.4. The van der Waals surface area contributed by atoms with Crippen LogP contribution in [0.2, 0.25) is 5.02 Å². The summed E-state index contributed by atoms with van der Waals surface area (Å²) in [7, 11) is 0. The first-order valence-electron chi connectivity index (χ1n) is 8.52. The molecule has 152 valence electrons. The molecule has 1 aromatic heterocycles. The van der Waals surface area contributed by atoms with Crippen LogP contribution in [0.15, 0.2) is 65.9 Å². The van der Waals surface area contributed by atoms with Crippen LogP contribution in [0.1, 0.15) is 26.3 Å². The van der Waals surface area contributed by atoms with Gasteiger partial charge in [-0.25, -0.2) is 4.98 Å². The number of amides is 2. The average molecular weight is 426 g/mol. The van der Waals surface area contributed by atoms with Gasteiger partial charge in [-0.1, -0.05) is 28.9 Å². The topological polar surface area (TPSA) is 150 Å². The molecular weight excluding hydrogens is 410 g/mol. The summed E-state index contributed by atoms with van der Waals surface area (Å²) < 4.78 is 0. The van der Waals surface area contributed by atoms with E-state index in [4.69, 9.17) is 22.5 Å². The Morgan fingerprint density at radius 2 is 1.67 bits per heavy atom. The number of carbonyl (C=O) groups excluding carboxylic acids is 2. The molecule has 3 rings (SSSR count). The van der Waals surface area contributed by atoms with Crippen molar-refractivity contribution in [3.63, 3.8) is 0 Å². The van der Waals surface area contributed by atoms with Gasteiger partial charge in [0.2, 0.25) is 0 Å². The number of oxime groups is 1. The van der Waals surface area contributed by atoms with Crippen molar-refractivity contribution in [3.8, 4) is 5.75 Å². The van der Waals surface area contributed by atoms with Crippen molar-refractivity contribution in [2.45, 2.75) is 0 Å². The highest BCUT2D eigenvalue weighted by atomic mass is 35.5. The fourth-order valence-corrected chi connectivity index (χ4v) is 2.62. The Kier molecular flexibility index (Phi) is 6.14. The molecule has 0 radical (unpaired) electrons. The summed E-state index contributed by atoms with van der Waals surface area (Å²) in [6.07, 6.45) is 1.38. The number of pyridine rings is 1. The molecule has 2 aromatic carbocycles. The zero-order chi connectivity index (χ0) is 21.7. The number of hydrogen-bond donors (Lipinski definition) is 5. The van der Waals surface area contributed by atoms with E-state index >= 15 is 0 Å². The Morgan fingerprint density at radius 3 is 2.30 bits per heavy atom. The molecule has 3 aromatic rings. The fourth-order valence-electron chi connectivity index (χ4n) is 2.51. The number of phenolic OH excluding ortho intramolecular Hbond substituents is 1. The molecule has 0 aliphatic rings. The minimum atomic E-state index is -0.585. The van der Waals surface area contributed by atoms with Gasteiger partial charge in [-0.2, -0.15) is 0 Å². The monoisotopic (exact) mass is 425 g/mol. The van der Waals surface area contributed by atoms with Gasteiger partial charge in [0.1, 0.15) is 11.6 Å². The van der Waals surface area contributed by atoms with Crippen LogP contribution in [0.3, 0.4) is 0 Å². The van der Waals surface area contributed by atoms with Crippen LogP contribution in [0.5, 0.6) is 5.75 Å². The van der Waals surface area contributed by atoms with Crippen LogP contribution < -0.4 is 16.4 Å². The third-order valence-corrected chi connectivity index (χ3v) is 4.24. The lowest BCUT2D eigenvalue weighted by Crippen LogP contribution is -2.19. The van der Waals surface area contributed by atoms with Crippen molar-refractivity contribution in [3.05, 3.63) is 82.5 Å². The molecule has 0 aliphatic heterocycles. The van der Waals surface area contributed by atoms with Crippen molar-refractivity contribution in [2.75, 3.05) is 10.6 Å². The molecule has 0 bridgehead atoms. The highest BCUT2D eigenvalue weighted by Gasteiger charge is 2.16. The summed E-state index contributed by atoms with van der Waals surface area (Å²) >= 11 is 5.78. The van der Waals surface area contributed by atoms with Gasteiger partial charge < -0.3 is 26.7 Å². The van der Waals surface area contributed by atoms with Gasteiger partial charge in [0.25, 0.3) is 11.8 Å². The molecule has 30 heavy (non-hydrogen) atoms. The number of anilines is 2. The van der Waals surface area contributed by atoms with E-state index in [0.717, 1.165) is 0 Å². The molecule has 9 nitrogen and oxygen atoms in total. The second kappa shape index (κ2) is 8.93. The molecule has 0 unspecified atom stereocenters. The number of aromatic nitrogens is 1. The summed E-state index contributed by atoms with van der Waals surface area (Å²) in [5.41, 5.74) is 6.44. The Balaban J connectivity index is 1.81. The fraction of sp³-hybridized carbons (Fsp3) is 0. The lowest BCUT2D eigenvalue weighted by molar-refractivity contribution is 0.102. The number of halogens is 1. The molecule has 0 saturated heterocycles. The highest BCUT2D eigenvalue weighted by Crippen LogP contribution is 2.23. The Hall–Kier alpha value is -4.11. The zero-order valence-electron chi connectivity index (χ0n) is 15.3. The second-order valence-electron chi connectivity index (χ2n) is 6.06. The summed E-state index contributed by atoms with van der Waals surface area (Å²) in [6, 6.07) is 13.1. The molecular formula is C20H16ClN5O4. The number of hydrogen-bond acceptors (Lipinski definition) is 6. The lowest BCUT2D eigenvalue weighted by atomic mass is 10.1. The molecule has 0 atom stereocenters. The number of nitrogens with two attached hydrogens (primary N) is 1. The number of aromatic hydroxyl groups is 1. The third-order valence-electron chi connectivity index (χ3n) is 4.02. The van der Waals surface area contributed by atoms with Crippen molar-refractivity contribution >= 4 is 40.8 Å². The number of phenols is 1. The summed E-state index contributed by atoms with van der Waals surface area (Å²) in [6.45, 7) is 0. The molecule has 0 spiro atoms. The molecule has 1 heterocycles. The van der Waals surface area contributed by atoms with E-state index in [1.54, 1.807) is 6.07 Å². The molecule has 10 heteroatoms. The smallest absolute Gasteiger partial charge is 0.259 e. The number of amidine groups is 1. The van der Waals surface area contributed by atoms with Crippen molar-refractivity contribution < 1.29 is 19.9 Å². The van der Waals surface area contributed by atoms with Crippen LogP contribution in [0.4, 0.5) is 11.5 Å².